The molecule has 0 heterocycles. The quantitative estimate of drug-likeness (QED) is 0.400. The Hall–Kier alpha value is -2.60. The number of benzene rings is 2. The third-order valence-electron chi connectivity index (χ3n) is 3.07. The van der Waals surface area contributed by atoms with Gasteiger partial charge in [0.15, 0.2) is 0 Å². The first kappa shape index (κ1) is 15.8. The molecule has 114 valence electrons. The molecule has 0 aliphatic carbocycles. The van der Waals surface area contributed by atoms with E-state index in [4.69, 9.17) is 22.1 Å². The number of carbonyl (C=O) groups is 1. The van der Waals surface area contributed by atoms with Crippen LogP contribution >= 0.6 is 11.6 Å². The van der Waals surface area contributed by atoms with Crippen molar-refractivity contribution < 1.29 is 14.5 Å². The van der Waals surface area contributed by atoms with Gasteiger partial charge in [0.2, 0.25) is 0 Å². The van der Waals surface area contributed by atoms with Crippen LogP contribution in [0.5, 0.6) is 0 Å². The monoisotopic (exact) mass is 320 g/mol. The van der Waals surface area contributed by atoms with Gasteiger partial charge in [-0.2, -0.15) is 0 Å². The lowest BCUT2D eigenvalue weighted by Crippen LogP contribution is -2.11. The van der Waals surface area contributed by atoms with Gasteiger partial charge in [0.1, 0.15) is 6.10 Å². The van der Waals surface area contributed by atoms with Crippen LogP contribution in [0.2, 0.25) is 5.02 Å². The number of nitro groups is 1. The number of nitro benzene ring substituents is 1. The maximum atomic E-state index is 12.1. The van der Waals surface area contributed by atoms with Crippen LogP contribution in [0.4, 0.5) is 11.4 Å². The number of nitrogens with zero attached hydrogens (tertiary/aromatic N) is 1. The lowest BCUT2D eigenvalue weighted by atomic mass is 10.1. The fraction of sp³-hybridized carbons (Fsp3) is 0.133. The van der Waals surface area contributed by atoms with Crippen molar-refractivity contribution in [3.05, 3.63) is 68.7 Å². The molecule has 2 aromatic rings. The molecule has 0 amide bonds. The van der Waals surface area contributed by atoms with Gasteiger partial charge in [-0.25, -0.2) is 4.79 Å². The van der Waals surface area contributed by atoms with Gasteiger partial charge in [-0.3, -0.25) is 10.1 Å². The summed E-state index contributed by atoms with van der Waals surface area (Å²) >= 11 is 5.77. The number of halogens is 1. The molecule has 0 radical (unpaired) electrons. The number of carbonyl (C=O) groups excluding carboxylic acids is 1. The van der Waals surface area contributed by atoms with E-state index in [1.54, 1.807) is 13.0 Å². The highest BCUT2D eigenvalue weighted by Crippen LogP contribution is 2.25. The number of non-ortho nitro benzene ring substituents is 1. The Morgan fingerprint density at radius 1 is 1.32 bits per heavy atom. The first-order valence-corrected chi connectivity index (χ1v) is 6.76. The molecule has 0 aromatic heterocycles. The predicted molar refractivity (Wildman–Crippen MR) is 82.8 cm³/mol. The number of hydrogen-bond donors (Lipinski definition) is 1. The lowest BCUT2D eigenvalue weighted by molar-refractivity contribution is -0.385. The van der Waals surface area contributed by atoms with Crippen molar-refractivity contribution >= 4 is 28.9 Å². The van der Waals surface area contributed by atoms with E-state index in [0.717, 1.165) is 0 Å². The van der Waals surface area contributed by atoms with Crippen molar-refractivity contribution in [1.29, 1.82) is 0 Å². The van der Waals surface area contributed by atoms with E-state index in [0.29, 0.717) is 10.6 Å². The molecule has 0 fully saturated rings. The van der Waals surface area contributed by atoms with Crippen LogP contribution in [0, 0.1) is 10.1 Å². The molecule has 0 bridgehead atoms. The average Bonchev–Trinajstić information content (AvgIpc) is 2.47. The molecule has 0 aliphatic rings. The summed E-state index contributed by atoms with van der Waals surface area (Å²) in [6.45, 7) is 1.63. The molecule has 22 heavy (non-hydrogen) atoms. The standard InChI is InChI=1S/C15H13ClN2O4/c1-9(10-3-2-4-12(7-10)18(20)21)22-15(19)13-6-5-11(16)8-14(13)17/h2-9H,17H2,1H3. The smallest absolute Gasteiger partial charge is 0.340 e. The van der Waals surface area contributed by atoms with Gasteiger partial charge < -0.3 is 10.5 Å². The second-order valence-corrected chi connectivity index (χ2v) is 5.07. The van der Waals surface area contributed by atoms with Crippen molar-refractivity contribution in [2.24, 2.45) is 0 Å². The van der Waals surface area contributed by atoms with E-state index < -0.39 is 17.0 Å². The molecular formula is C15H13ClN2O4. The summed E-state index contributed by atoms with van der Waals surface area (Å²) in [5, 5.41) is 11.2. The topological polar surface area (TPSA) is 95.5 Å². The Labute approximate surface area is 131 Å². The summed E-state index contributed by atoms with van der Waals surface area (Å²) in [4.78, 5) is 22.4. The van der Waals surface area contributed by atoms with Crippen LogP contribution in [0.1, 0.15) is 28.9 Å². The number of nitrogen functional groups attached to an aromatic ring is 1. The maximum absolute atomic E-state index is 12.1. The first-order chi connectivity index (χ1) is 10.4. The number of esters is 1. The molecule has 0 aliphatic heterocycles. The third kappa shape index (κ3) is 3.53. The van der Waals surface area contributed by atoms with Crippen molar-refractivity contribution in [2.75, 3.05) is 5.73 Å². The highest BCUT2D eigenvalue weighted by Gasteiger charge is 2.18. The summed E-state index contributed by atoms with van der Waals surface area (Å²) in [5.41, 5.74) is 6.59. The highest BCUT2D eigenvalue weighted by molar-refractivity contribution is 6.31. The molecule has 2 N–H and O–H groups in total. The SMILES string of the molecule is CC(OC(=O)c1ccc(Cl)cc1N)c1cccc([N+](=O)[O-])c1. The van der Waals surface area contributed by atoms with Gasteiger partial charge in [0.25, 0.3) is 5.69 Å². The van der Waals surface area contributed by atoms with Crippen molar-refractivity contribution in [3.8, 4) is 0 Å². The van der Waals surface area contributed by atoms with Crippen molar-refractivity contribution in [1.82, 2.24) is 0 Å². The Morgan fingerprint density at radius 3 is 2.68 bits per heavy atom. The van der Waals surface area contributed by atoms with E-state index in [9.17, 15) is 14.9 Å². The summed E-state index contributed by atoms with van der Waals surface area (Å²) < 4.78 is 5.29. The summed E-state index contributed by atoms with van der Waals surface area (Å²) in [6.07, 6.45) is -0.650. The molecule has 0 saturated carbocycles. The van der Waals surface area contributed by atoms with E-state index in [-0.39, 0.29) is 16.9 Å². The Kier molecular flexibility index (Phi) is 4.62. The zero-order chi connectivity index (χ0) is 16.3. The summed E-state index contributed by atoms with van der Waals surface area (Å²) in [5.74, 6) is -0.617. The van der Waals surface area contributed by atoms with E-state index in [1.165, 1.54) is 36.4 Å². The third-order valence-corrected chi connectivity index (χ3v) is 3.30. The van der Waals surface area contributed by atoms with Crippen molar-refractivity contribution in [3.63, 3.8) is 0 Å². The maximum Gasteiger partial charge on any atom is 0.340 e. The fourth-order valence-corrected chi connectivity index (χ4v) is 2.08. The Morgan fingerprint density at radius 2 is 2.05 bits per heavy atom. The number of rotatable bonds is 4. The molecule has 1 atom stereocenters. The first-order valence-electron chi connectivity index (χ1n) is 6.39. The molecule has 7 heteroatoms. The summed E-state index contributed by atoms with van der Waals surface area (Å²) in [6, 6.07) is 10.4. The van der Waals surface area contributed by atoms with Crippen LogP contribution in [-0.2, 0) is 4.74 Å². The van der Waals surface area contributed by atoms with Gasteiger partial charge in [0, 0.05) is 22.8 Å². The zero-order valence-corrected chi connectivity index (χ0v) is 12.4. The number of hydrogen-bond acceptors (Lipinski definition) is 5. The van der Waals surface area contributed by atoms with Crippen LogP contribution in [0.15, 0.2) is 42.5 Å². The summed E-state index contributed by atoms with van der Waals surface area (Å²) in [7, 11) is 0. The largest absolute Gasteiger partial charge is 0.454 e. The Balaban J connectivity index is 2.17. The van der Waals surface area contributed by atoms with Crippen LogP contribution in [0.3, 0.4) is 0 Å². The molecule has 0 saturated heterocycles. The minimum absolute atomic E-state index is 0.0635. The van der Waals surface area contributed by atoms with Gasteiger partial charge in [0.05, 0.1) is 10.5 Å². The molecule has 1 unspecified atom stereocenters. The second kappa shape index (κ2) is 6.44. The normalized spacial score (nSPS) is 11.7. The van der Waals surface area contributed by atoms with Gasteiger partial charge in [-0.05, 0) is 30.7 Å². The molecule has 0 spiro atoms. The molecule has 6 nitrogen and oxygen atoms in total. The van der Waals surface area contributed by atoms with Crippen LogP contribution in [0.25, 0.3) is 0 Å². The van der Waals surface area contributed by atoms with Crippen LogP contribution in [-0.4, -0.2) is 10.9 Å². The number of ether oxygens (including phenoxy) is 1. The minimum Gasteiger partial charge on any atom is -0.454 e. The van der Waals surface area contributed by atoms with E-state index in [1.807, 2.05) is 0 Å². The number of nitrogens with two attached hydrogens (primary N) is 1. The second-order valence-electron chi connectivity index (χ2n) is 4.63. The molecule has 2 aromatic carbocycles. The zero-order valence-electron chi connectivity index (χ0n) is 11.7. The lowest BCUT2D eigenvalue weighted by Gasteiger charge is -2.14. The average molecular weight is 321 g/mol. The molecule has 2 rings (SSSR count). The van der Waals surface area contributed by atoms with Crippen molar-refractivity contribution in [2.45, 2.75) is 13.0 Å². The van der Waals surface area contributed by atoms with E-state index in [2.05, 4.69) is 0 Å². The van der Waals surface area contributed by atoms with Gasteiger partial charge in [-0.15, -0.1) is 0 Å². The van der Waals surface area contributed by atoms with Gasteiger partial charge >= 0.3 is 5.97 Å². The Bertz CT molecular complexity index is 733. The fourth-order valence-electron chi connectivity index (χ4n) is 1.90. The number of anilines is 1. The highest BCUT2D eigenvalue weighted by atomic mass is 35.5. The predicted octanol–water partition coefficient (Wildman–Crippen LogP) is 3.75. The van der Waals surface area contributed by atoms with Gasteiger partial charge in [-0.1, -0.05) is 23.7 Å². The van der Waals surface area contributed by atoms with E-state index >= 15 is 0 Å². The van der Waals surface area contributed by atoms with Crippen LogP contribution < -0.4 is 5.73 Å². The molecular weight excluding hydrogens is 308 g/mol. The minimum atomic E-state index is -0.650.